The molecule has 4 rings (SSSR count). The smallest absolute Gasteiger partial charge is 0.248 e. The molecule has 4 heteroatoms. The van der Waals surface area contributed by atoms with Crippen molar-refractivity contribution in [3.63, 3.8) is 0 Å². The van der Waals surface area contributed by atoms with Crippen molar-refractivity contribution >= 4 is 11.6 Å². The van der Waals surface area contributed by atoms with Crippen LogP contribution >= 0.6 is 0 Å². The topological polar surface area (TPSA) is 23.6 Å². The molecule has 2 atom stereocenters. The predicted molar refractivity (Wildman–Crippen MR) is 105 cm³/mol. The van der Waals surface area contributed by atoms with Gasteiger partial charge in [0, 0.05) is 19.3 Å². The minimum atomic E-state index is -0.304. The van der Waals surface area contributed by atoms with Gasteiger partial charge < -0.3 is 9.80 Å². The van der Waals surface area contributed by atoms with Gasteiger partial charge in [0.15, 0.2) is 0 Å². The Bertz CT molecular complexity index is 912. The first-order chi connectivity index (χ1) is 13.1. The molecule has 136 valence electrons. The molecule has 0 unspecified atom stereocenters. The van der Waals surface area contributed by atoms with Gasteiger partial charge in [-0.15, -0.1) is 0 Å². The number of para-hydroxylation sites is 1. The summed E-state index contributed by atoms with van der Waals surface area (Å²) in [5, 5.41) is 0. The highest BCUT2D eigenvalue weighted by molar-refractivity contribution is 5.93. The van der Waals surface area contributed by atoms with E-state index in [0.717, 1.165) is 16.8 Å². The van der Waals surface area contributed by atoms with Gasteiger partial charge in [-0.3, -0.25) is 4.79 Å². The van der Waals surface area contributed by atoms with Gasteiger partial charge in [0.05, 0.1) is 6.04 Å². The van der Waals surface area contributed by atoms with Crippen LogP contribution in [0.3, 0.4) is 0 Å². The average Bonchev–Trinajstić information content (AvgIpc) is 2.72. The molecule has 0 saturated carbocycles. The Hall–Kier alpha value is -3.14. The fraction of sp³-hybridized carbons (Fsp3) is 0.174. The molecule has 3 aromatic rings. The molecule has 0 spiro atoms. The zero-order valence-corrected chi connectivity index (χ0v) is 15.1. The second kappa shape index (κ2) is 7.23. The Morgan fingerprint density at radius 3 is 2.11 bits per heavy atom. The lowest BCUT2D eigenvalue weighted by Crippen LogP contribution is -2.64. The quantitative estimate of drug-likeness (QED) is 0.629. The van der Waals surface area contributed by atoms with Crippen molar-refractivity contribution in [3.8, 4) is 0 Å². The number of carbonyl (C=O) groups is 1. The van der Waals surface area contributed by atoms with E-state index in [4.69, 9.17) is 0 Å². The summed E-state index contributed by atoms with van der Waals surface area (Å²) in [6.07, 6.45) is 0. The Morgan fingerprint density at radius 2 is 1.48 bits per heavy atom. The molecule has 0 N–H and O–H groups in total. The summed E-state index contributed by atoms with van der Waals surface area (Å²) < 4.78 is 13.4. The molecular formula is C23H21FN2O. The SMILES string of the molecule is CN(c1ccccc1)[C@@H]1C(=O)N(Cc2ccccc2)[C@@H]1c1ccc(F)cc1. The number of amides is 1. The van der Waals surface area contributed by atoms with Gasteiger partial charge in [0.25, 0.3) is 0 Å². The van der Waals surface area contributed by atoms with Crippen LogP contribution in [0.4, 0.5) is 10.1 Å². The maximum atomic E-state index is 13.4. The van der Waals surface area contributed by atoms with E-state index < -0.39 is 0 Å². The fourth-order valence-corrected chi connectivity index (χ4v) is 3.71. The third-order valence-electron chi connectivity index (χ3n) is 5.16. The van der Waals surface area contributed by atoms with E-state index in [1.165, 1.54) is 12.1 Å². The largest absolute Gasteiger partial charge is 0.361 e. The van der Waals surface area contributed by atoms with Crippen LogP contribution in [0.2, 0.25) is 0 Å². The van der Waals surface area contributed by atoms with Crippen molar-refractivity contribution in [2.75, 3.05) is 11.9 Å². The first-order valence-electron chi connectivity index (χ1n) is 9.03. The van der Waals surface area contributed by atoms with Gasteiger partial charge in [-0.25, -0.2) is 4.39 Å². The third kappa shape index (κ3) is 3.31. The second-order valence-electron chi connectivity index (χ2n) is 6.84. The van der Waals surface area contributed by atoms with Crippen molar-refractivity contribution in [2.45, 2.75) is 18.6 Å². The van der Waals surface area contributed by atoms with E-state index in [-0.39, 0.29) is 23.8 Å². The monoisotopic (exact) mass is 360 g/mol. The van der Waals surface area contributed by atoms with Crippen molar-refractivity contribution < 1.29 is 9.18 Å². The maximum absolute atomic E-state index is 13.4. The molecule has 0 aliphatic carbocycles. The lowest BCUT2D eigenvalue weighted by Gasteiger charge is -2.51. The summed E-state index contributed by atoms with van der Waals surface area (Å²) in [6, 6.07) is 25.8. The fourth-order valence-electron chi connectivity index (χ4n) is 3.71. The number of likely N-dealkylation sites (tertiary alicyclic amines) is 1. The number of benzene rings is 3. The van der Waals surface area contributed by atoms with E-state index in [0.29, 0.717) is 6.54 Å². The zero-order valence-electron chi connectivity index (χ0n) is 15.1. The summed E-state index contributed by atoms with van der Waals surface area (Å²) in [7, 11) is 1.94. The van der Waals surface area contributed by atoms with Crippen LogP contribution in [0, 0.1) is 5.82 Å². The van der Waals surface area contributed by atoms with Gasteiger partial charge >= 0.3 is 0 Å². The van der Waals surface area contributed by atoms with Crippen molar-refractivity contribution in [3.05, 3.63) is 102 Å². The van der Waals surface area contributed by atoms with Crippen LogP contribution in [-0.4, -0.2) is 23.9 Å². The third-order valence-corrected chi connectivity index (χ3v) is 5.16. The predicted octanol–water partition coefficient (Wildman–Crippen LogP) is 4.41. The van der Waals surface area contributed by atoms with Crippen molar-refractivity contribution in [1.82, 2.24) is 4.90 Å². The number of likely N-dealkylation sites (N-methyl/N-ethyl adjacent to an activating group) is 1. The summed E-state index contributed by atoms with van der Waals surface area (Å²) in [6.45, 7) is 0.543. The van der Waals surface area contributed by atoms with Gasteiger partial charge in [0.2, 0.25) is 5.91 Å². The lowest BCUT2D eigenvalue weighted by atomic mass is 9.86. The minimum Gasteiger partial charge on any atom is -0.361 e. The summed E-state index contributed by atoms with van der Waals surface area (Å²) in [5.74, 6) is -0.188. The number of anilines is 1. The van der Waals surface area contributed by atoms with Gasteiger partial charge in [-0.1, -0.05) is 60.7 Å². The number of halogens is 1. The molecule has 1 heterocycles. The maximum Gasteiger partial charge on any atom is 0.248 e. The molecule has 3 nitrogen and oxygen atoms in total. The summed E-state index contributed by atoms with van der Waals surface area (Å²) in [4.78, 5) is 16.9. The summed E-state index contributed by atoms with van der Waals surface area (Å²) >= 11 is 0. The van der Waals surface area contributed by atoms with E-state index in [2.05, 4.69) is 0 Å². The molecule has 1 aliphatic rings. The average molecular weight is 360 g/mol. The zero-order chi connectivity index (χ0) is 18.8. The molecule has 1 fully saturated rings. The normalized spacial score (nSPS) is 18.9. The molecular weight excluding hydrogens is 339 g/mol. The number of β-lactam (4-membered cyclic amide) rings is 1. The van der Waals surface area contributed by atoms with Crippen LogP contribution < -0.4 is 4.90 Å². The van der Waals surface area contributed by atoms with E-state index in [1.54, 1.807) is 12.1 Å². The van der Waals surface area contributed by atoms with Gasteiger partial charge in [-0.05, 0) is 35.4 Å². The van der Waals surface area contributed by atoms with Gasteiger partial charge in [0.1, 0.15) is 11.9 Å². The number of hydrogen-bond donors (Lipinski definition) is 0. The molecule has 1 saturated heterocycles. The number of hydrogen-bond acceptors (Lipinski definition) is 2. The van der Waals surface area contributed by atoms with Crippen LogP contribution in [0.15, 0.2) is 84.9 Å². The Kier molecular flexibility index (Phi) is 4.63. The highest BCUT2D eigenvalue weighted by Gasteiger charge is 2.50. The van der Waals surface area contributed by atoms with E-state index in [9.17, 15) is 9.18 Å². The first kappa shape index (κ1) is 17.3. The van der Waals surface area contributed by atoms with Gasteiger partial charge in [-0.2, -0.15) is 0 Å². The lowest BCUT2D eigenvalue weighted by molar-refractivity contribution is -0.150. The van der Waals surface area contributed by atoms with Crippen LogP contribution in [0.25, 0.3) is 0 Å². The first-order valence-corrected chi connectivity index (χ1v) is 9.03. The Balaban J connectivity index is 1.66. The standard InChI is InChI=1S/C23H21FN2O/c1-25(20-10-6-3-7-11-20)22-21(18-12-14-19(24)15-13-18)26(23(22)27)16-17-8-4-2-5-9-17/h2-15,21-22H,16H2,1H3/t21-,22+/m1/s1. The summed E-state index contributed by atoms with van der Waals surface area (Å²) in [5.41, 5.74) is 3.01. The Morgan fingerprint density at radius 1 is 0.889 bits per heavy atom. The molecule has 27 heavy (non-hydrogen) atoms. The van der Waals surface area contributed by atoms with E-state index in [1.807, 2.05) is 77.5 Å². The molecule has 1 aliphatic heterocycles. The Labute approximate surface area is 158 Å². The molecule has 0 bridgehead atoms. The molecule has 0 aromatic heterocycles. The molecule has 0 radical (unpaired) electrons. The van der Waals surface area contributed by atoms with Crippen molar-refractivity contribution in [1.29, 1.82) is 0 Å². The van der Waals surface area contributed by atoms with E-state index >= 15 is 0 Å². The highest BCUT2D eigenvalue weighted by Crippen LogP contribution is 2.40. The van der Waals surface area contributed by atoms with Crippen LogP contribution in [-0.2, 0) is 11.3 Å². The molecule has 3 aromatic carbocycles. The second-order valence-corrected chi connectivity index (χ2v) is 6.84. The van der Waals surface area contributed by atoms with Crippen LogP contribution in [0.1, 0.15) is 17.2 Å². The molecule has 1 amide bonds. The number of nitrogens with zero attached hydrogens (tertiary/aromatic N) is 2. The minimum absolute atomic E-state index is 0.0829. The highest BCUT2D eigenvalue weighted by atomic mass is 19.1. The van der Waals surface area contributed by atoms with Crippen LogP contribution in [0.5, 0.6) is 0 Å². The number of rotatable bonds is 5. The number of carbonyl (C=O) groups excluding carboxylic acids is 1. The van der Waals surface area contributed by atoms with Crippen molar-refractivity contribution in [2.24, 2.45) is 0 Å².